The van der Waals surface area contributed by atoms with Crippen molar-refractivity contribution in [1.82, 2.24) is 14.6 Å². The molecule has 3 aliphatic heterocycles. The topological polar surface area (TPSA) is 81.4 Å². The molecule has 0 amide bonds. The molecule has 3 aliphatic rings. The Balaban J connectivity index is 1.28. The van der Waals surface area contributed by atoms with E-state index in [-0.39, 0.29) is 24.1 Å². The molecular formula is C21H23F2N5O4. The van der Waals surface area contributed by atoms with E-state index in [2.05, 4.69) is 15.0 Å². The van der Waals surface area contributed by atoms with Crippen LogP contribution in [0.15, 0.2) is 28.1 Å². The molecule has 4 heterocycles. The van der Waals surface area contributed by atoms with E-state index in [1.165, 1.54) is 6.21 Å². The van der Waals surface area contributed by atoms with Gasteiger partial charge in [-0.2, -0.15) is 10.1 Å². The fraction of sp³-hybridized carbons (Fsp3) is 0.476. The molecule has 1 fully saturated rings. The average molecular weight is 447 g/mol. The Bertz CT molecular complexity index is 1090. The van der Waals surface area contributed by atoms with Crippen molar-refractivity contribution in [3.63, 3.8) is 0 Å². The molecule has 1 aromatic heterocycles. The largest absolute Gasteiger partial charge is 0.477 e. The number of benzene rings is 1. The number of likely N-dealkylation sites (N-methyl/N-ethyl adjacent to an activating group) is 1. The minimum atomic E-state index is -0.829. The third-order valence-electron chi connectivity index (χ3n) is 5.75. The predicted molar refractivity (Wildman–Crippen MR) is 111 cm³/mol. The normalized spacial score (nSPS) is 21.6. The monoisotopic (exact) mass is 447 g/mol. The summed E-state index contributed by atoms with van der Waals surface area (Å²) in [6, 6.07) is 4.08. The summed E-state index contributed by atoms with van der Waals surface area (Å²) in [7, 11) is 0. The van der Waals surface area contributed by atoms with Crippen molar-refractivity contribution in [2.24, 2.45) is 5.10 Å². The van der Waals surface area contributed by atoms with Crippen LogP contribution in [0.3, 0.4) is 0 Å². The van der Waals surface area contributed by atoms with E-state index >= 15 is 0 Å². The zero-order chi connectivity index (χ0) is 22.2. The summed E-state index contributed by atoms with van der Waals surface area (Å²) in [5.41, 5.74) is -0.165. The SMILES string of the molecule is CCN1CC(Oc2c(F)cc(COc3cc4n(c(=O)n3)C[C@H]3COCCN43)cc2F)C=N1. The van der Waals surface area contributed by atoms with Crippen LogP contribution in [0.2, 0.25) is 0 Å². The van der Waals surface area contributed by atoms with Gasteiger partial charge in [0.25, 0.3) is 0 Å². The van der Waals surface area contributed by atoms with Gasteiger partial charge in [-0.15, -0.1) is 0 Å². The number of anilines is 1. The van der Waals surface area contributed by atoms with Crippen molar-refractivity contribution in [2.75, 3.05) is 37.7 Å². The van der Waals surface area contributed by atoms with Crippen LogP contribution >= 0.6 is 0 Å². The Morgan fingerprint density at radius 3 is 2.78 bits per heavy atom. The number of morpholine rings is 1. The first-order valence-corrected chi connectivity index (χ1v) is 10.5. The number of hydrazone groups is 1. The van der Waals surface area contributed by atoms with Crippen molar-refractivity contribution < 1.29 is 23.0 Å². The second-order valence-electron chi connectivity index (χ2n) is 7.87. The fourth-order valence-electron chi connectivity index (χ4n) is 4.14. The first-order chi connectivity index (χ1) is 15.5. The number of hydrogen-bond donors (Lipinski definition) is 0. The molecule has 0 bridgehead atoms. The lowest BCUT2D eigenvalue weighted by Crippen LogP contribution is -2.43. The van der Waals surface area contributed by atoms with E-state index in [1.54, 1.807) is 15.6 Å². The quantitative estimate of drug-likeness (QED) is 0.662. The molecular weight excluding hydrogens is 424 g/mol. The van der Waals surface area contributed by atoms with Crippen LogP contribution < -0.4 is 20.1 Å². The standard InChI is InChI=1S/C21H23F2N5O4/c1-2-26-10-15(8-24-26)32-20-16(22)5-13(6-17(20)23)11-31-18-7-19-27-3-4-30-12-14(27)9-28(19)21(29)25-18/h5-8,14-15H,2-4,9-12H2,1H3/t14-,15?/m0/s1. The molecule has 1 unspecified atom stereocenters. The van der Waals surface area contributed by atoms with E-state index in [0.29, 0.717) is 45.2 Å². The lowest BCUT2D eigenvalue weighted by molar-refractivity contribution is 0.0956. The number of halogens is 2. The van der Waals surface area contributed by atoms with Gasteiger partial charge < -0.3 is 19.1 Å². The van der Waals surface area contributed by atoms with Gasteiger partial charge in [-0.1, -0.05) is 0 Å². The molecule has 2 aromatic rings. The van der Waals surface area contributed by atoms with E-state index < -0.39 is 29.2 Å². The van der Waals surface area contributed by atoms with Crippen LogP contribution in [0.1, 0.15) is 12.5 Å². The Morgan fingerprint density at radius 2 is 2.03 bits per heavy atom. The van der Waals surface area contributed by atoms with Crippen molar-refractivity contribution in [2.45, 2.75) is 32.2 Å². The highest BCUT2D eigenvalue weighted by molar-refractivity contribution is 5.65. The molecule has 0 spiro atoms. The van der Waals surface area contributed by atoms with Gasteiger partial charge in [0.2, 0.25) is 5.88 Å². The summed E-state index contributed by atoms with van der Waals surface area (Å²) >= 11 is 0. The minimum absolute atomic E-state index is 0.0959. The van der Waals surface area contributed by atoms with Crippen molar-refractivity contribution >= 4 is 12.0 Å². The van der Waals surface area contributed by atoms with Crippen molar-refractivity contribution in [3.05, 3.63) is 45.9 Å². The maximum Gasteiger partial charge on any atom is 0.352 e. The van der Waals surface area contributed by atoms with Crippen LogP contribution in [-0.2, 0) is 17.9 Å². The number of rotatable bonds is 6. The second kappa shape index (κ2) is 8.38. The molecule has 1 aromatic carbocycles. The zero-order valence-electron chi connectivity index (χ0n) is 17.5. The lowest BCUT2D eigenvalue weighted by Gasteiger charge is -2.30. The Kier molecular flexibility index (Phi) is 5.41. The van der Waals surface area contributed by atoms with E-state index in [1.807, 2.05) is 6.92 Å². The maximum atomic E-state index is 14.5. The summed E-state index contributed by atoms with van der Waals surface area (Å²) in [6.07, 6.45) is 1.00. The maximum absolute atomic E-state index is 14.5. The molecule has 32 heavy (non-hydrogen) atoms. The number of nitrogens with zero attached hydrogens (tertiary/aromatic N) is 5. The number of ether oxygens (including phenoxy) is 3. The van der Waals surface area contributed by atoms with Gasteiger partial charge in [0.1, 0.15) is 12.4 Å². The summed E-state index contributed by atoms with van der Waals surface area (Å²) in [5, 5.41) is 5.85. The van der Waals surface area contributed by atoms with Crippen LogP contribution in [0.25, 0.3) is 0 Å². The number of hydrogen-bond acceptors (Lipinski definition) is 8. The zero-order valence-corrected chi connectivity index (χ0v) is 17.5. The van der Waals surface area contributed by atoms with Gasteiger partial charge >= 0.3 is 5.69 Å². The molecule has 11 heteroatoms. The molecule has 0 aliphatic carbocycles. The smallest absolute Gasteiger partial charge is 0.352 e. The minimum Gasteiger partial charge on any atom is -0.477 e. The second-order valence-corrected chi connectivity index (χ2v) is 7.87. The Morgan fingerprint density at radius 1 is 1.22 bits per heavy atom. The van der Waals surface area contributed by atoms with Crippen LogP contribution in [0.4, 0.5) is 14.6 Å². The highest BCUT2D eigenvalue weighted by atomic mass is 19.1. The summed E-state index contributed by atoms with van der Waals surface area (Å²) in [5.74, 6) is -1.28. The first-order valence-electron chi connectivity index (χ1n) is 10.5. The summed E-state index contributed by atoms with van der Waals surface area (Å²) in [4.78, 5) is 18.4. The molecule has 9 nitrogen and oxygen atoms in total. The molecule has 0 saturated carbocycles. The predicted octanol–water partition coefficient (Wildman–Crippen LogP) is 1.39. The molecule has 2 atom stereocenters. The Labute approximate surface area is 182 Å². The summed E-state index contributed by atoms with van der Waals surface area (Å²) < 4.78 is 47.2. The number of aromatic nitrogens is 2. The van der Waals surface area contributed by atoms with Crippen molar-refractivity contribution in [1.29, 1.82) is 0 Å². The van der Waals surface area contributed by atoms with Gasteiger partial charge in [0, 0.05) is 19.2 Å². The van der Waals surface area contributed by atoms with Crippen LogP contribution in [0, 0.1) is 11.6 Å². The molecule has 5 rings (SSSR count). The third kappa shape index (κ3) is 3.88. The summed E-state index contributed by atoms with van der Waals surface area (Å²) in [6.45, 7) is 5.22. The van der Waals surface area contributed by atoms with E-state index in [4.69, 9.17) is 14.2 Å². The van der Waals surface area contributed by atoms with Gasteiger partial charge in [-0.3, -0.25) is 9.58 Å². The van der Waals surface area contributed by atoms with E-state index in [9.17, 15) is 13.6 Å². The highest BCUT2D eigenvalue weighted by Gasteiger charge is 2.33. The first kappa shape index (κ1) is 20.7. The average Bonchev–Trinajstić information content (AvgIpc) is 3.39. The van der Waals surface area contributed by atoms with Gasteiger partial charge in [-0.05, 0) is 24.6 Å². The van der Waals surface area contributed by atoms with Gasteiger partial charge in [-0.25, -0.2) is 13.6 Å². The van der Waals surface area contributed by atoms with Crippen LogP contribution in [-0.4, -0.2) is 65.8 Å². The molecule has 170 valence electrons. The molecule has 1 saturated heterocycles. The highest BCUT2D eigenvalue weighted by Crippen LogP contribution is 2.29. The molecule has 0 N–H and O–H groups in total. The van der Waals surface area contributed by atoms with Crippen molar-refractivity contribution in [3.8, 4) is 11.6 Å². The van der Waals surface area contributed by atoms with Gasteiger partial charge in [0.15, 0.2) is 23.5 Å². The third-order valence-corrected chi connectivity index (χ3v) is 5.75. The van der Waals surface area contributed by atoms with Crippen LogP contribution in [0.5, 0.6) is 11.6 Å². The number of fused-ring (bicyclic) bond motifs is 3. The Hall–Kier alpha value is -3.21. The van der Waals surface area contributed by atoms with E-state index in [0.717, 1.165) is 12.1 Å². The fourth-order valence-corrected chi connectivity index (χ4v) is 4.14. The van der Waals surface area contributed by atoms with Gasteiger partial charge in [0.05, 0.1) is 38.6 Å². The molecule has 0 radical (unpaired) electrons. The lowest BCUT2D eigenvalue weighted by atomic mass is 10.2.